The van der Waals surface area contributed by atoms with E-state index in [4.69, 9.17) is 0 Å². The fourth-order valence-electron chi connectivity index (χ4n) is 1.52. The molecule has 0 amide bonds. The zero-order valence-corrected chi connectivity index (χ0v) is 13.3. The molecule has 8 heteroatoms. The van der Waals surface area contributed by atoms with E-state index in [-0.39, 0.29) is 18.0 Å². The van der Waals surface area contributed by atoms with Crippen LogP contribution >= 0.6 is 15.9 Å². The molecule has 0 bridgehead atoms. The first-order valence-electron chi connectivity index (χ1n) is 5.93. The summed E-state index contributed by atoms with van der Waals surface area (Å²) in [6, 6.07) is 4.19. The van der Waals surface area contributed by atoms with Crippen LogP contribution in [0, 0.1) is 5.41 Å². The van der Waals surface area contributed by atoms with E-state index in [0.29, 0.717) is 4.47 Å². The van der Waals surface area contributed by atoms with Crippen molar-refractivity contribution in [2.45, 2.75) is 20.2 Å². The zero-order chi connectivity index (χ0) is 16.3. The van der Waals surface area contributed by atoms with Crippen molar-refractivity contribution in [3.05, 3.63) is 22.7 Å². The lowest BCUT2D eigenvalue weighted by Gasteiger charge is -2.23. The average Bonchev–Trinajstić information content (AvgIpc) is 2.34. The second-order valence-electron chi connectivity index (χ2n) is 4.92. The van der Waals surface area contributed by atoms with Crippen LogP contribution in [0.5, 0.6) is 5.75 Å². The van der Waals surface area contributed by atoms with E-state index in [0.717, 1.165) is 0 Å². The first-order chi connectivity index (χ1) is 9.55. The molecule has 0 aliphatic carbocycles. The van der Waals surface area contributed by atoms with Gasteiger partial charge in [0.25, 0.3) is 0 Å². The van der Waals surface area contributed by atoms with Crippen LogP contribution in [-0.2, 0) is 9.53 Å². The molecule has 0 atom stereocenters. The Hall–Kier alpha value is -1.44. The van der Waals surface area contributed by atoms with Gasteiger partial charge in [-0.3, -0.25) is 4.79 Å². The molecule has 0 radical (unpaired) electrons. The molecule has 1 N–H and O–H groups in total. The lowest BCUT2D eigenvalue weighted by Crippen LogP contribution is -2.33. The normalized spacial score (nSPS) is 12.0. The highest BCUT2D eigenvalue weighted by molar-refractivity contribution is 9.10. The summed E-state index contributed by atoms with van der Waals surface area (Å²) in [5.74, 6) is -0.844. The zero-order valence-electron chi connectivity index (χ0n) is 11.7. The second-order valence-corrected chi connectivity index (χ2v) is 5.83. The Morgan fingerprint density at radius 3 is 2.48 bits per heavy atom. The van der Waals surface area contributed by atoms with Gasteiger partial charge in [0, 0.05) is 11.0 Å². The van der Waals surface area contributed by atoms with Crippen molar-refractivity contribution in [2.75, 3.05) is 19.0 Å². The molecule has 0 heterocycles. The highest BCUT2D eigenvalue weighted by atomic mass is 79.9. The number of hydrogen-bond donors (Lipinski definition) is 1. The van der Waals surface area contributed by atoms with Crippen molar-refractivity contribution in [3.8, 4) is 5.75 Å². The molecule has 1 rings (SSSR count). The molecule has 0 aliphatic heterocycles. The van der Waals surface area contributed by atoms with Crippen LogP contribution in [0.2, 0.25) is 0 Å². The Morgan fingerprint density at radius 1 is 1.33 bits per heavy atom. The van der Waals surface area contributed by atoms with Crippen LogP contribution in [0.15, 0.2) is 22.7 Å². The van der Waals surface area contributed by atoms with Crippen molar-refractivity contribution in [3.63, 3.8) is 0 Å². The maximum Gasteiger partial charge on any atom is 0.573 e. The Labute approximate surface area is 128 Å². The second kappa shape index (κ2) is 6.55. The van der Waals surface area contributed by atoms with Crippen LogP contribution in [0.25, 0.3) is 0 Å². The third kappa shape index (κ3) is 5.45. The summed E-state index contributed by atoms with van der Waals surface area (Å²) >= 11 is 3.08. The van der Waals surface area contributed by atoms with Gasteiger partial charge >= 0.3 is 12.3 Å². The Balaban J connectivity index is 2.91. The largest absolute Gasteiger partial charge is 0.573 e. The molecule has 0 aliphatic rings. The lowest BCUT2D eigenvalue weighted by atomic mass is 9.93. The molecular formula is C13H15BrF3NO3. The number of anilines is 1. The van der Waals surface area contributed by atoms with E-state index in [1.54, 1.807) is 19.9 Å². The van der Waals surface area contributed by atoms with E-state index in [2.05, 4.69) is 30.7 Å². The monoisotopic (exact) mass is 369 g/mol. The molecule has 21 heavy (non-hydrogen) atoms. The van der Waals surface area contributed by atoms with Gasteiger partial charge in [0.05, 0.1) is 18.2 Å². The minimum absolute atomic E-state index is 0.0928. The third-order valence-corrected chi connectivity index (χ3v) is 3.12. The molecule has 0 aromatic heterocycles. The van der Waals surface area contributed by atoms with Gasteiger partial charge in [-0.2, -0.15) is 0 Å². The SMILES string of the molecule is COC(=O)C(C)(C)CNc1ccc(Br)cc1OC(F)(F)F. The number of methoxy groups -OCH3 is 1. The number of esters is 1. The number of rotatable bonds is 5. The fourth-order valence-corrected chi connectivity index (χ4v) is 1.86. The predicted octanol–water partition coefficient (Wildman–Crippen LogP) is 3.96. The molecule has 0 saturated carbocycles. The summed E-state index contributed by atoms with van der Waals surface area (Å²) in [6.07, 6.45) is -4.80. The minimum Gasteiger partial charge on any atom is -0.469 e. The highest BCUT2D eigenvalue weighted by Gasteiger charge is 2.33. The van der Waals surface area contributed by atoms with Crippen LogP contribution < -0.4 is 10.1 Å². The van der Waals surface area contributed by atoms with Crippen molar-refractivity contribution >= 4 is 27.6 Å². The first-order valence-corrected chi connectivity index (χ1v) is 6.72. The quantitative estimate of drug-likeness (QED) is 0.798. The molecule has 0 fully saturated rings. The van der Waals surface area contributed by atoms with Crippen molar-refractivity contribution in [1.82, 2.24) is 0 Å². The standard InChI is InChI=1S/C13H15BrF3NO3/c1-12(2,11(19)20-3)7-18-9-5-4-8(14)6-10(9)21-13(15,16)17/h4-6,18H,7H2,1-3H3. The number of benzene rings is 1. The van der Waals surface area contributed by atoms with Gasteiger partial charge in [0.15, 0.2) is 5.75 Å². The Bertz CT molecular complexity index is 518. The fraction of sp³-hybridized carbons (Fsp3) is 0.462. The van der Waals surface area contributed by atoms with E-state index < -0.39 is 17.7 Å². The molecule has 0 saturated heterocycles. The molecule has 4 nitrogen and oxygen atoms in total. The first kappa shape index (κ1) is 17.6. The van der Waals surface area contributed by atoms with E-state index in [1.807, 2.05) is 0 Å². The number of hydrogen-bond acceptors (Lipinski definition) is 4. The smallest absolute Gasteiger partial charge is 0.469 e. The van der Waals surface area contributed by atoms with E-state index >= 15 is 0 Å². The maximum atomic E-state index is 12.4. The molecule has 0 spiro atoms. The number of halogens is 4. The summed E-state index contributed by atoms with van der Waals surface area (Å²) in [5.41, 5.74) is -0.760. The predicted molar refractivity (Wildman–Crippen MR) is 75.1 cm³/mol. The van der Waals surface area contributed by atoms with Gasteiger partial charge in [-0.1, -0.05) is 15.9 Å². The van der Waals surface area contributed by atoms with E-state index in [1.165, 1.54) is 19.2 Å². The highest BCUT2D eigenvalue weighted by Crippen LogP contribution is 2.33. The van der Waals surface area contributed by atoms with Gasteiger partial charge in [-0.25, -0.2) is 0 Å². The van der Waals surface area contributed by atoms with Gasteiger partial charge in [0.2, 0.25) is 0 Å². The Morgan fingerprint density at radius 2 is 1.95 bits per heavy atom. The van der Waals surface area contributed by atoms with Crippen LogP contribution in [-0.4, -0.2) is 26.0 Å². The summed E-state index contributed by atoms with van der Waals surface area (Å²) in [7, 11) is 1.25. The number of nitrogens with one attached hydrogen (secondary N) is 1. The molecular weight excluding hydrogens is 355 g/mol. The molecule has 0 unspecified atom stereocenters. The lowest BCUT2D eigenvalue weighted by molar-refractivity contribution is -0.274. The van der Waals surface area contributed by atoms with Crippen LogP contribution in [0.3, 0.4) is 0 Å². The number of ether oxygens (including phenoxy) is 2. The summed E-state index contributed by atoms with van der Waals surface area (Å²) in [6.45, 7) is 3.33. The van der Waals surface area contributed by atoms with Crippen LogP contribution in [0.4, 0.5) is 18.9 Å². The van der Waals surface area contributed by atoms with Gasteiger partial charge in [-0.05, 0) is 32.0 Å². The van der Waals surface area contributed by atoms with Gasteiger partial charge in [0.1, 0.15) is 0 Å². The summed E-state index contributed by atoms with van der Waals surface area (Å²) < 4.78 is 46.1. The van der Waals surface area contributed by atoms with Gasteiger partial charge in [-0.15, -0.1) is 13.2 Å². The average molecular weight is 370 g/mol. The third-order valence-electron chi connectivity index (χ3n) is 2.63. The van der Waals surface area contributed by atoms with Crippen molar-refractivity contribution < 1.29 is 27.4 Å². The van der Waals surface area contributed by atoms with Gasteiger partial charge < -0.3 is 14.8 Å². The molecule has 1 aromatic carbocycles. The topological polar surface area (TPSA) is 47.6 Å². The number of carbonyl (C=O) groups is 1. The van der Waals surface area contributed by atoms with Crippen LogP contribution in [0.1, 0.15) is 13.8 Å². The van der Waals surface area contributed by atoms with E-state index in [9.17, 15) is 18.0 Å². The Kier molecular flexibility index (Phi) is 5.49. The summed E-state index contributed by atoms with van der Waals surface area (Å²) in [4.78, 5) is 11.5. The molecule has 118 valence electrons. The van der Waals surface area contributed by atoms with Crippen molar-refractivity contribution in [1.29, 1.82) is 0 Å². The minimum atomic E-state index is -4.80. The number of alkyl halides is 3. The molecule has 1 aromatic rings. The number of carbonyl (C=O) groups excluding carboxylic acids is 1. The van der Waals surface area contributed by atoms with Crippen molar-refractivity contribution in [2.24, 2.45) is 5.41 Å². The maximum absolute atomic E-state index is 12.4. The summed E-state index contributed by atoms with van der Waals surface area (Å²) in [5, 5.41) is 2.77.